The van der Waals surface area contributed by atoms with Crippen LogP contribution < -0.4 is 0 Å². The van der Waals surface area contributed by atoms with E-state index in [0.717, 1.165) is 24.2 Å². The van der Waals surface area contributed by atoms with Gasteiger partial charge in [-0.1, -0.05) is 109 Å². The molecule has 4 rings (SSSR count). The third-order valence-corrected chi connectivity index (χ3v) is 6.08. The van der Waals surface area contributed by atoms with Crippen LogP contribution in [0.15, 0.2) is 109 Å². The molecule has 3 atom stereocenters. The molecule has 1 fully saturated rings. The molecule has 0 bridgehead atoms. The van der Waals surface area contributed by atoms with Gasteiger partial charge in [-0.15, -0.1) is 6.58 Å². The molecule has 1 aliphatic heterocycles. The van der Waals surface area contributed by atoms with Crippen molar-refractivity contribution < 1.29 is 4.84 Å². The highest BCUT2D eigenvalue weighted by atomic mass is 16.6. The van der Waals surface area contributed by atoms with Crippen LogP contribution in [0.5, 0.6) is 0 Å². The number of benzene rings is 3. The minimum absolute atomic E-state index is 0.206. The molecular weight excluding hydrogens is 380 g/mol. The van der Waals surface area contributed by atoms with Gasteiger partial charge in [0, 0.05) is 31.0 Å². The number of hydrogen-bond donors (Lipinski definition) is 0. The molecule has 158 valence electrons. The summed E-state index contributed by atoms with van der Waals surface area (Å²) in [5.41, 5.74) is 4.84. The Labute approximate surface area is 185 Å². The maximum Gasteiger partial charge on any atom is 0.142 e. The van der Waals surface area contributed by atoms with Crippen LogP contribution in [0.3, 0.4) is 0 Å². The summed E-state index contributed by atoms with van der Waals surface area (Å²) in [4.78, 5) is 8.40. The zero-order chi connectivity index (χ0) is 21.5. The Bertz CT molecular complexity index is 985. The van der Waals surface area contributed by atoms with Crippen molar-refractivity contribution in [3.05, 3.63) is 120 Å². The number of rotatable bonds is 7. The van der Waals surface area contributed by atoms with Crippen molar-refractivity contribution in [2.75, 3.05) is 6.54 Å². The monoisotopic (exact) mass is 410 g/mol. The van der Waals surface area contributed by atoms with Crippen molar-refractivity contribution in [1.82, 2.24) is 4.90 Å². The number of oxime groups is 1. The molecule has 1 aliphatic rings. The highest BCUT2D eigenvalue weighted by Crippen LogP contribution is 2.43. The molecule has 3 aromatic rings. The Morgan fingerprint density at radius 1 is 0.903 bits per heavy atom. The Morgan fingerprint density at radius 2 is 1.48 bits per heavy atom. The van der Waals surface area contributed by atoms with Crippen molar-refractivity contribution in [1.29, 1.82) is 0 Å². The van der Waals surface area contributed by atoms with Gasteiger partial charge in [0.05, 0.1) is 5.71 Å². The van der Waals surface area contributed by atoms with Gasteiger partial charge >= 0.3 is 0 Å². The van der Waals surface area contributed by atoms with Gasteiger partial charge in [0.2, 0.25) is 0 Å². The summed E-state index contributed by atoms with van der Waals surface area (Å²) in [5.74, 6) is 0.234. The van der Waals surface area contributed by atoms with Gasteiger partial charge < -0.3 is 4.84 Å². The van der Waals surface area contributed by atoms with Gasteiger partial charge in [0.15, 0.2) is 0 Å². The first kappa shape index (κ1) is 21.1. The SMILES string of the molecule is C=CCN1C(c2ccccc2)C/C(=N\OCc2ccccc2)C(C)C1c1ccccc1. The lowest BCUT2D eigenvalue weighted by Gasteiger charge is -2.46. The second kappa shape index (κ2) is 10.2. The summed E-state index contributed by atoms with van der Waals surface area (Å²) in [5, 5.41) is 4.67. The zero-order valence-corrected chi connectivity index (χ0v) is 18.1. The number of piperidine rings is 1. The minimum atomic E-state index is 0.206. The smallest absolute Gasteiger partial charge is 0.142 e. The van der Waals surface area contributed by atoms with E-state index in [1.807, 2.05) is 24.3 Å². The van der Waals surface area contributed by atoms with Gasteiger partial charge in [-0.3, -0.25) is 4.90 Å². The lowest BCUT2D eigenvalue weighted by Crippen LogP contribution is -2.44. The minimum Gasteiger partial charge on any atom is -0.391 e. The first-order chi connectivity index (χ1) is 15.3. The summed E-state index contributed by atoms with van der Waals surface area (Å²) >= 11 is 0. The normalized spacial score (nSPS) is 22.9. The Kier molecular flexibility index (Phi) is 6.96. The first-order valence-electron chi connectivity index (χ1n) is 11.0. The van der Waals surface area contributed by atoms with Crippen molar-refractivity contribution in [3.63, 3.8) is 0 Å². The summed E-state index contributed by atoms with van der Waals surface area (Å²) in [6, 6.07) is 32.1. The van der Waals surface area contributed by atoms with Crippen LogP contribution in [0.4, 0.5) is 0 Å². The Balaban J connectivity index is 1.67. The summed E-state index contributed by atoms with van der Waals surface area (Å²) in [6.07, 6.45) is 2.85. The van der Waals surface area contributed by atoms with E-state index in [9.17, 15) is 0 Å². The third kappa shape index (κ3) is 4.95. The molecule has 0 saturated carbocycles. The second-order valence-electron chi connectivity index (χ2n) is 8.10. The average Bonchev–Trinajstić information content (AvgIpc) is 2.82. The molecule has 0 N–H and O–H groups in total. The maximum atomic E-state index is 5.84. The van der Waals surface area contributed by atoms with Crippen LogP contribution in [0, 0.1) is 5.92 Å². The van der Waals surface area contributed by atoms with Crippen molar-refractivity contribution in [2.24, 2.45) is 11.1 Å². The second-order valence-corrected chi connectivity index (χ2v) is 8.10. The Hall–Kier alpha value is -3.17. The molecule has 3 aromatic carbocycles. The fraction of sp³-hybridized carbons (Fsp3) is 0.250. The quantitative estimate of drug-likeness (QED) is 0.325. The third-order valence-electron chi connectivity index (χ3n) is 6.08. The molecule has 3 nitrogen and oxygen atoms in total. The molecule has 0 aromatic heterocycles. The standard InChI is InChI=1S/C28H30N2O/c1-3-19-30-27(24-15-9-5-10-16-24)20-26(29-31-21-23-13-7-4-8-14-23)22(2)28(30)25-17-11-6-12-18-25/h3-18,22,27-28H,1,19-21H2,2H3/b29-26+. The van der Waals surface area contributed by atoms with E-state index in [0.29, 0.717) is 6.61 Å². The Morgan fingerprint density at radius 3 is 2.10 bits per heavy atom. The van der Waals surface area contributed by atoms with Crippen LogP contribution in [-0.2, 0) is 11.4 Å². The van der Waals surface area contributed by atoms with E-state index in [2.05, 4.69) is 96.4 Å². The van der Waals surface area contributed by atoms with Gasteiger partial charge in [0.25, 0.3) is 0 Å². The first-order valence-corrected chi connectivity index (χ1v) is 11.0. The molecule has 0 aliphatic carbocycles. The van der Waals surface area contributed by atoms with E-state index in [-0.39, 0.29) is 18.0 Å². The zero-order valence-electron chi connectivity index (χ0n) is 18.1. The molecule has 1 heterocycles. The predicted molar refractivity (Wildman–Crippen MR) is 128 cm³/mol. The van der Waals surface area contributed by atoms with Crippen LogP contribution >= 0.6 is 0 Å². The van der Waals surface area contributed by atoms with Crippen molar-refractivity contribution in [3.8, 4) is 0 Å². The average molecular weight is 411 g/mol. The van der Waals surface area contributed by atoms with Gasteiger partial charge in [-0.25, -0.2) is 0 Å². The van der Waals surface area contributed by atoms with Gasteiger partial charge in [0.1, 0.15) is 6.61 Å². The summed E-state index contributed by atoms with van der Waals surface area (Å²) < 4.78 is 0. The van der Waals surface area contributed by atoms with Crippen LogP contribution in [0.2, 0.25) is 0 Å². The molecule has 1 saturated heterocycles. The van der Waals surface area contributed by atoms with Crippen LogP contribution in [0.25, 0.3) is 0 Å². The number of hydrogen-bond acceptors (Lipinski definition) is 3. The number of likely N-dealkylation sites (tertiary alicyclic amines) is 1. The molecule has 3 unspecified atom stereocenters. The van der Waals surface area contributed by atoms with E-state index >= 15 is 0 Å². The molecule has 31 heavy (non-hydrogen) atoms. The molecule has 0 spiro atoms. The lowest BCUT2D eigenvalue weighted by atomic mass is 9.79. The fourth-order valence-electron chi connectivity index (χ4n) is 4.55. The van der Waals surface area contributed by atoms with E-state index in [1.54, 1.807) is 0 Å². The van der Waals surface area contributed by atoms with E-state index in [4.69, 9.17) is 4.84 Å². The predicted octanol–water partition coefficient (Wildman–Crippen LogP) is 6.57. The topological polar surface area (TPSA) is 24.8 Å². The van der Waals surface area contributed by atoms with Crippen molar-refractivity contribution >= 4 is 5.71 Å². The highest BCUT2D eigenvalue weighted by molar-refractivity contribution is 5.88. The highest BCUT2D eigenvalue weighted by Gasteiger charge is 2.40. The summed E-state index contributed by atoms with van der Waals surface area (Å²) in [7, 11) is 0. The number of nitrogens with zero attached hydrogens (tertiary/aromatic N) is 2. The van der Waals surface area contributed by atoms with Crippen molar-refractivity contribution in [2.45, 2.75) is 32.0 Å². The molecular formula is C28H30N2O. The summed E-state index contributed by atoms with van der Waals surface area (Å²) in [6.45, 7) is 7.61. The lowest BCUT2D eigenvalue weighted by molar-refractivity contribution is 0.0941. The molecule has 0 amide bonds. The van der Waals surface area contributed by atoms with Gasteiger partial charge in [-0.05, 0) is 16.7 Å². The maximum absolute atomic E-state index is 5.84. The fourth-order valence-corrected chi connectivity index (χ4v) is 4.55. The molecule has 0 radical (unpaired) electrons. The largest absolute Gasteiger partial charge is 0.391 e. The molecule has 3 heteroatoms. The van der Waals surface area contributed by atoms with Gasteiger partial charge in [-0.2, -0.15) is 0 Å². The van der Waals surface area contributed by atoms with E-state index in [1.165, 1.54) is 11.1 Å². The van der Waals surface area contributed by atoms with E-state index < -0.39 is 0 Å². The van der Waals surface area contributed by atoms with Crippen LogP contribution in [-0.4, -0.2) is 17.2 Å². The van der Waals surface area contributed by atoms with Crippen LogP contribution in [0.1, 0.15) is 42.1 Å².